The number of phenols is 1. The molecule has 0 spiro atoms. The van der Waals surface area contributed by atoms with Gasteiger partial charge in [0, 0.05) is 44.0 Å². The zero-order valence-corrected chi connectivity index (χ0v) is 19.5. The van der Waals surface area contributed by atoms with Crippen LogP contribution >= 0.6 is 0 Å². The summed E-state index contributed by atoms with van der Waals surface area (Å²) in [6, 6.07) is 17.2. The van der Waals surface area contributed by atoms with Gasteiger partial charge in [-0.2, -0.15) is 0 Å². The molecule has 6 nitrogen and oxygen atoms in total. The van der Waals surface area contributed by atoms with Crippen molar-refractivity contribution in [2.75, 3.05) is 37.7 Å². The summed E-state index contributed by atoms with van der Waals surface area (Å²) in [5.74, 6) is 0.945. The van der Waals surface area contributed by atoms with E-state index in [4.69, 9.17) is 9.47 Å². The number of nitrogens with zero attached hydrogens (tertiary/aromatic N) is 2. The van der Waals surface area contributed by atoms with Crippen LogP contribution in [0.1, 0.15) is 28.4 Å². The molecule has 2 aliphatic heterocycles. The van der Waals surface area contributed by atoms with Gasteiger partial charge in [0.1, 0.15) is 23.1 Å². The molecular formula is C28H27FN2O4. The Kier molecular flexibility index (Phi) is 6.42. The number of phenolic OH excluding ortho intramolecular Hbond substituents is 1. The van der Waals surface area contributed by atoms with Gasteiger partial charge in [0.25, 0.3) is 0 Å². The zero-order chi connectivity index (χ0) is 24.4. The number of ether oxygens (including phenoxy) is 2. The monoisotopic (exact) mass is 474 g/mol. The van der Waals surface area contributed by atoms with Gasteiger partial charge in [0.05, 0.1) is 17.7 Å². The number of Topliss-reactive ketones (excluding diaryl/α,β-unsaturated/α-hetero) is 1. The Bertz CT molecular complexity index is 1260. The van der Waals surface area contributed by atoms with E-state index in [9.17, 15) is 14.3 Å². The minimum Gasteiger partial charge on any atom is -0.507 e. The molecule has 0 bridgehead atoms. The van der Waals surface area contributed by atoms with Gasteiger partial charge in [-0.05, 0) is 55.5 Å². The third kappa shape index (κ3) is 4.72. The van der Waals surface area contributed by atoms with Crippen LogP contribution in [0.25, 0.3) is 6.08 Å². The Balaban J connectivity index is 1.33. The molecule has 0 unspecified atom stereocenters. The van der Waals surface area contributed by atoms with E-state index in [0.29, 0.717) is 35.8 Å². The smallest absolute Gasteiger partial charge is 0.231 e. The van der Waals surface area contributed by atoms with Crippen LogP contribution in [0.2, 0.25) is 0 Å². The van der Waals surface area contributed by atoms with Gasteiger partial charge < -0.3 is 19.5 Å². The van der Waals surface area contributed by atoms with Gasteiger partial charge in [-0.1, -0.05) is 18.2 Å². The minimum absolute atomic E-state index is 0.105. The van der Waals surface area contributed by atoms with Crippen molar-refractivity contribution in [3.63, 3.8) is 0 Å². The number of carbonyl (C=O) groups excluding carboxylic acids is 1. The fourth-order valence-electron chi connectivity index (χ4n) is 4.52. The molecule has 0 saturated carbocycles. The lowest BCUT2D eigenvalue weighted by molar-refractivity contribution is 0.101. The van der Waals surface area contributed by atoms with Crippen molar-refractivity contribution in [3.8, 4) is 17.2 Å². The molecule has 1 saturated heterocycles. The van der Waals surface area contributed by atoms with E-state index >= 15 is 0 Å². The molecule has 7 heteroatoms. The van der Waals surface area contributed by atoms with Crippen molar-refractivity contribution in [3.05, 3.63) is 88.9 Å². The van der Waals surface area contributed by atoms with E-state index in [1.165, 1.54) is 12.1 Å². The SMILES string of the molecule is CCOc1ccccc1/C=C1\Oc2c(ccc(O)c2CN2CCN(c3ccc(F)cc3)CC2)C1=O. The highest BCUT2D eigenvalue weighted by Crippen LogP contribution is 2.40. The summed E-state index contributed by atoms with van der Waals surface area (Å²) in [7, 11) is 0. The van der Waals surface area contributed by atoms with E-state index in [2.05, 4.69) is 9.80 Å². The van der Waals surface area contributed by atoms with Crippen LogP contribution < -0.4 is 14.4 Å². The zero-order valence-electron chi connectivity index (χ0n) is 19.5. The van der Waals surface area contributed by atoms with Crippen molar-refractivity contribution >= 4 is 17.5 Å². The molecule has 0 amide bonds. The van der Waals surface area contributed by atoms with Crippen LogP contribution in [0.5, 0.6) is 17.2 Å². The number of halogens is 1. The van der Waals surface area contributed by atoms with Crippen molar-refractivity contribution in [2.24, 2.45) is 0 Å². The summed E-state index contributed by atoms with van der Waals surface area (Å²) < 4.78 is 24.9. The predicted octanol–water partition coefficient (Wildman–Crippen LogP) is 4.87. The van der Waals surface area contributed by atoms with Crippen molar-refractivity contribution in [1.82, 2.24) is 4.90 Å². The molecule has 35 heavy (non-hydrogen) atoms. The van der Waals surface area contributed by atoms with Crippen LogP contribution in [0.15, 0.2) is 66.4 Å². The molecule has 0 radical (unpaired) electrons. The van der Waals surface area contributed by atoms with Gasteiger partial charge in [0.15, 0.2) is 5.76 Å². The highest BCUT2D eigenvalue weighted by molar-refractivity contribution is 6.15. The minimum atomic E-state index is -0.245. The first kappa shape index (κ1) is 22.9. The number of fused-ring (bicyclic) bond motifs is 1. The fourth-order valence-corrected chi connectivity index (χ4v) is 4.52. The topological polar surface area (TPSA) is 62.2 Å². The van der Waals surface area contributed by atoms with Crippen LogP contribution in [0.3, 0.4) is 0 Å². The van der Waals surface area contributed by atoms with Crippen molar-refractivity contribution in [2.45, 2.75) is 13.5 Å². The van der Waals surface area contributed by atoms with Crippen LogP contribution in [0.4, 0.5) is 10.1 Å². The second-order valence-corrected chi connectivity index (χ2v) is 8.59. The normalized spacial score (nSPS) is 16.9. The Labute approximate surface area is 203 Å². The van der Waals surface area contributed by atoms with Crippen molar-refractivity contribution in [1.29, 1.82) is 0 Å². The van der Waals surface area contributed by atoms with E-state index < -0.39 is 0 Å². The average Bonchev–Trinajstić information content (AvgIpc) is 3.18. The number of anilines is 1. The average molecular weight is 475 g/mol. The van der Waals surface area contributed by atoms with Gasteiger partial charge in [0.2, 0.25) is 5.78 Å². The first-order chi connectivity index (χ1) is 17.0. The second-order valence-electron chi connectivity index (χ2n) is 8.59. The third-order valence-electron chi connectivity index (χ3n) is 6.37. The highest BCUT2D eigenvalue weighted by atomic mass is 19.1. The maximum absolute atomic E-state index is 13.2. The molecule has 5 rings (SSSR count). The van der Waals surface area contributed by atoms with E-state index in [1.807, 2.05) is 31.2 Å². The van der Waals surface area contributed by atoms with Crippen LogP contribution in [-0.4, -0.2) is 48.6 Å². The maximum Gasteiger partial charge on any atom is 0.231 e. The summed E-state index contributed by atoms with van der Waals surface area (Å²) in [4.78, 5) is 17.5. The fraction of sp³-hybridized carbons (Fsp3) is 0.250. The predicted molar refractivity (Wildman–Crippen MR) is 133 cm³/mol. The number of ketones is 1. The second kappa shape index (κ2) is 9.80. The van der Waals surface area contributed by atoms with Gasteiger partial charge >= 0.3 is 0 Å². The van der Waals surface area contributed by atoms with Gasteiger partial charge in [-0.3, -0.25) is 9.69 Å². The molecule has 0 aliphatic carbocycles. The van der Waals surface area contributed by atoms with Gasteiger partial charge in [-0.15, -0.1) is 0 Å². The number of piperazine rings is 1. The van der Waals surface area contributed by atoms with E-state index in [0.717, 1.165) is 37.4 Å². The number of aromatic hydroxyl groups is 1. The van der Waals surface area contributed by atoms with Crippen LogP contribution in [-0.2, 0) is 6.54 Å². The van der Waals surface area contributed by atoms with Crippen LogP contribution in [0, 0.1) is 5.82 Å². The molecule has 2 aliphatic rings. The van der Waals surface area contributed by atoms with E-state index in [1.54, 1.807) is 30.3 Å². The number of carbonyl (C=O) groups is 1. The largest absolute Gasteiger partial charge is 0.507 e. The molecule has 3 aromatic carbocycles. The molecule has 2 heterocycles. The summed E-state index contributed by atoms with van der Waals surface area (Å²) in [5, 5.41) is 10.6. The summed E-state index contributed by atoms with van der Waals surface area (Å²) in [6.07, 6.45) is 1.69. The highest BCUT2D eigenvalue weighted by Gasteiger charge is 2.32. The molecule has 3 aromatic rings. The Hall–Kier alpha value is -3.84. The van der Waals surface area contributed by atoms with E-state index in [-0.39, 0.29) is 23.1 Å². The number of para-hydroxylation sites is 1. The standard InChI is InChI=1S/C28H27FN2O4/c1-2-34-25-6-4-3-5-19(25)17-26-27(33)22-11-12-24(32)23(28(22)35-26)18-30-13-15-31(16-14-30)21-9-7-20(29)8-10-21/h3-12,17,32H,2,13-16,18H2,1H3/b26-17-. The quantitative estimate of drug-likeness (QED) is 0.515. The lowest BCUT2D eigenvalue weighted by Gasteiger charge is -2.36. The van der Waals surface area contributed by atoms with Gasteiger partial charge in [-0.25, -0.2) is 4.39 Å². The third-order valence-corrected chi connectivity index (χ3v) is 6.37. The summed E-state index contributed by atoms with van der Waals surface area (Å²) in [5.41, 5.74) is 2.80. The molecule has 0 atom stereocenters. The summed E-state index contributed by atoms with van der Waals surface area (Å²) in [6.45, 7) is 5.97. The first-order valence-corrected chi connectivity index (χ1v) is 11.8. The lowest BCUT2D eigenvalue weighted by atomic mass is 10.0. The maximum atomic E-state index is 13.2. The lowest BCUT2D eigenvalue weighted by Crippen LogP contribution is -2.46. The molecule has 1 N–H and O–H groups in total. The Morgan fingerprint density at radius 3 is 2.51 bits per heavy atom. The summed E-state index contributed by atoms with van der Waals surface area (Å²) >= 11 is 0. The Morgan fingerprint density at radius 1 is 1.03 bits per heavy atom. The number of rotatable bonds is 6. The molecule has 1 fully saturated rings. The molecular weight excluding hydrogens is 447 g/mol. The number of allylic oxidation sites excluding steroid dienone is 1. The molecule has 180 valence electrons. The van der Waals surface area contributed by atoms with Crippen molar-refractivity contribution < 1.29 is 23.8 Å². The Morgan fingerprint density at radius 2 is 1.77 bits per heavy atom. The molecule has 0 aromatic heterocycles. The first-order valence-electron chi connectivity index (χ1n) is 11.8. The number of hydrogen-bond acceptors (Lipinski definition) is 6. The number of benzene rings is 3. The number of hydrogen-bond donors (Lipinski definition) is 1.